The quantitative estimate of drug-likeness (QED) is 0.589. The molecule has 1 rings (SSSR count). The molecule has 1 aromatic carbocycles. The van der Waals surface area contributed by atoms with Crippen LogP contribution < -0.4 is 0 Å². The first-order valence-electron chi connectivity index (χ1n) is 3.79. The zero-order chi connectivity index (χ0) is 11.7. The highest BCUT2D eigenvalue weighted by Crippen LogP contribution is 2.23. The van der Waals surface area contributed by atoms with Gasteiger partial charge in [0.1, 0.15) is 0 Å². The van der Waals surface area contributed by atoms with Crippen molar-refractivity contribution in [1.29, 1.82) is 0 Å². The summed E-state index contributed by atoms with van der Waals surface area (Å²) < 4.78 is 69.0. The Kier molecular flexibility index (Phi) is 3.03. The van der Waals surface area contributed by atoms with E-state index in [9.17, 15) is 25.5 Å². The molecule has 0 bridgehead atoms. The van der Waals surface area contributed by atoms with Gasteiger partial charge in [0, 0.05) is 0 Å². The molecule has 84 valence electrons. The van der Waals surface area contributed by atoms with Crippen LogP contribution in [0.4, 0.5) is 17.1 Å². The number of rotatable bonds is 2. The average molecular weight is 242 g/mol. The number of benzene rings is 1. The highest BCUT2D eigenvalue weighted by molar-refractivity contribution is 7.86. The molecule has 0 radical (unpaired) electrons. The first-order valence-corrected chi connectivity index (χ1v) is 5.17. The van der Waals surface area contributed by atoms with E-state index < -0.39 is 27.7 Å². The predicted molar refractivity (Wildman–Crippen MR) is 44.5 cm³/mol. The van der Waals surface area contributed by atoms with Gasteiger partial charge in [-0.1, -0.05) is 12.1 Å². The second-order valence-electron chi connectivity index (χ2n) is 2.88. The van der Waals surface area contributed by atoms with E-state index in [0.29, 0.717) is 6.07 Å². The SMILES string of the molecule is O=S(=O)(F)c1cccc(CC(F)(F)F)c1. The summed E-state index contributed by atoms with van der Waals surface area (Å²) >= 11 is 0. The Labute approximate surface area is 83.7 Å². The van der Waals surface area contributed by atoms with Crippen molar-refractivity contribution in [3.63, 3.8) is 0 Å². The van der Waals surface area contributed by atoms with Gasteiger partial charge in [-0.3, -0.25) is 0 Å². The van der Waals surface area contributed by atoms with Gasteiger partial charge in [-0.05, 0) is 17.7 Å². The molecule has 0 heterocycles. The molecule has 0 aliphatic rings. The van der Waals surface area contributed by atoms with Gasteiger partial charge in [-0.15, -0.1) is 3.89 Å². The number of hydrogen-bond donors (Lipinski definition) is 0. The van der Waals surface area contributed by atoms with Crippen molar-refractivity contribution in [3.8, 4) is 0 Å². The normalized spacial score (nSPS) is 12.8. The van der Waals surface area contributed by atoms with Gasteiger partial charge < -0.3 is 0 Å². The van der Waals surface area contributed by atoms with E-state index in [1.807, 2.05) is 0 Å². The molecule has 0 aromatic heterocycles. The summed E-state index contributed by atoms with van der Waals surface area (Å²) in [5.41, 5.74) is -0.291. The van der Waals surface area contributed by atoms with Crippen molar-refractivity contribution >= 4 is 10.2 Å². The third kappa shape index (κ3) is 3.86. The third-order valence-corrected chi connectivity index (χ3v) is 2.40. The van der Waals surface area contributed by atoms with Gasteiger partial charge in [0.15, 0.2) is 0 Å². The van der Waals surface area contributed by atoms with E-state index in [2.05, 4.69) is 0 Å². The Morgan fingerprint density at radius 1 is 1.20 bits per heavy atom. The topological polar surface area (TPSA) is 34.1 Å². The molecular formula is C8H6F4O2S. The molecule has 0 aliphatic heterocycles. The minimum atomic E-state index is -4.95. The maximum atomic E-state index is 12.4. The fourth-order valence-corrected chi connectivity index (χ4v) is 1.57. The Morgan fingerprint density at radius 3 is 2.27 bits per heavy atom. The minimum absolute atomic E-state index is 0.291. The summed E-state index contributed by atoms with van der Waals surface area (Å²) in [6.07, 6.45) is -5.73. The Hall–Kier alpha value is -1.11. The van der Waals surface area contributed by atoms with Crippen molar-refractivity contribution in [1.82, 2.24) is 0 Å². The second-order valence-corrected chi connectivity index (χ2v) is 4.22. The first-order chi connectivity index (χ1) is 6.68. The van der Waals surface area contributed by atoms with Gasteiger partial charge in [0.05, 0.1) is 11.3 Å². The van der Waals surface area contributed by atoms with Crippen LogP contribution in [0.15, 0.2) is 29.2 Å². The first kappa shape index (κ1) is 12.0. The molecule has 7 heteroatoms. The summed E-state index contributed by atoms with van der Waals surface area (Å²) in [6, 6.07) is 3.72. The fraction of sp³-hybridized carbons (Fsp3) is 0.250. The monoisotopic (exact) mass is 242 g/mol. The lowest BCUT2D eigenvalue weighted by Gasteiger charge is -2.06. The molecule has 0 amide bonds. The number of alkyl halides is 3. The summed E-state index contributed by atoms with van der Waals surface area (Å²) in [5.74, 6) is 0. The van der Waals surface area contributed by atoms with Gasteiger partial charge in [0.25, 0.3) is 0 Å². The summed E-state index contributed by atoms with van der Waals surface area (Å²) in [4.78, 5) is -0.760. The maximum Gasteiger partial charge on any atom is 0.393 e. The highest BCUT2D eigenvalue weighted by atomic mass is 32.3. The van der Waals surface area contributed by atoms with Crippen LogP contribution >= 0.6 is 0 Å². The Morgan fingerprint density at radius 2 is 1.80 bits per heavy atom. The summed E-state index contributed by atoms with van der Waals surface area (Å²) in [7, 11) is -4.95. The lowest BCUT2D eigenvalue weighted by Crippen LogP contribution is -2.11. The maximum absolute atomic E-state index is 12.4. The molecule has 15 heavy (non-hydrogen) atoms. The molecule has 1 aromatic rings. The smallest absolute Gasteiger partial charge is 0.189 e. The predicted octanol–water partition coefficient (Wildman–Crippen LogP) is 2.45. The van der Waals surface area contributed by atoms with Crippen molar-refractivity contribution in [2.45, 2.75) is 17.5 Å². The van der Waals surface area contributed by atoms with Crippen LogP contribution in [0.1, 0.15) is 5.56 Å². The Bertz CT molecular complexity index is 450. The van der Waals surface area contributed by atoms with Gasteiger partial charge in [-0.25, -0.2) is 0 Å². The van der Waals surface area contributed by atoms with E-state index in [0.717, 1.165) is 18.2 Å². The van der Waals surface area contributed by atoms with Crippen LogP contribution in [-0.2, 0) is 16.6 Å². The molecule has 0 spiro atoms. The lowest BCUT2D eigenvalue weighted by molar-refractivity contribution is -0.127. The summed E-state index contributed by atoms with van der Waals surface area (Å²) in [5, 5.41) is 0. The summed E-state index contributed by atoms with van der Waals surface area (Å²) in [6.45, 7) is 0. The zero-order valence-electron chi connectivity index (χ0n) is 7.25. The van der Waals surface area contributed by atoms with E-state index in [1.165, 1.54) is 0 Å². The second kappa shape index (κ2) is 3.80. The molecule has 0 N–H and O–H groups in total. The van der Waals surface area contributed by atoms with Crippen LogP contribution in [0.5, 0.6) is 0 Å². The number of hydrogen-bond acceptors (Lipinski definition) is 2. The van der Waals surface area contributed by atoms with E-state index >= 15 is 0 Å². The minimum Gasteiger partial charge on any atom is -0.189 e. The average Bonchev–Trinajstić information content (AvgIpc) is 1.99. The Balaban J connectivity index is 3.04. The van der Waals surface area contributed by atoms with Crippen LogP contribution in [0.2, 0.25) is 0 Å². The number of halogens is 4. The van der Waals surface area contributed by atoms with Gasteiger partial charge in [0.2, 0.25) is 0 Å². The van der Waals surface area contributed by atoms with Gasteiger partial charge in [-0.2, -0.15) is 21.6 Å². The van der Waals surface area contributed by atoms with Crippen LogP contribution in [0, 0.1) is 0 Å². The largest absolute Gasteiger partial charge is 0.393 e. The molecule has 0 fully saturated rings. The lowest BCUT2D eigenvalue weighted by atomic mass is 10.1. The standard InChI is InChI=1S/C8H6F4O2S/c9-8(10,11)5-6-2-1-3-7(4-6)15(12,13)14/h1-4H,5H2. The van der Waals surface area contributed by atoms with Crippen LogP contribution in [0.3, 0.4) is 0 Å². The molecule has 0 saturated carbocycles. The molecule has 0 atom stereocenters. The van der Waals surface area contributed by atoms with Crippen molar-refractivity contribution < 1.29 is 25.5 Å². The highest BCUT2D eigenvalue weighted by Gasteiger charge is 2.28. The molecule has 2 nitrogen and oxygen atoms in total. The van der Waals surface area contributed by atoms with Crippen LogP contribution in [-0.4, -0.2) is 14.6 Å². The van der Waals surface area contributed by atoms with Crippen molar-refractivity contribution in [2.24, 2.45) is 0 Å². The van der Waals surface area contributed by atoms with Gasteiger partial charge >= 0.3 is 16.4 Å². The molecule has 0 unspecified atom stereocenters. The van der Waals surface area contributed by atoms with E-state index in [4.69, 9.17) is 0 Å². The third-order valence-electron chi connectivity index (χ3n) is 1.58. The van der Waals surface area contributed by atoms with E-state index in [1.54, 1.807) is 0 Å². The fourth-order valence-electron chi connectivity index (χ4n) is 1.04. The molecule has 0 aliphatic carbocycles. The molecule has 0 saturated heterocycles. The van der Waals surface area contributed by atoms with Crippen LogP contribution in [0.25, 0.3) is 0 Å². The van der Waals surface area contributed by atoms with Crippen molar-refractivity contribution in [3.05, 3.63) is 29.8 Å². The zero-order valence-corrected chi connectivity index (χ0v) is 8.07. The van der Waals surface area contributed by atoms with E-state index in [-0.39, 0.29) is 5.56 Å². The molecular weight excluding hydrogens is 236 g/mol. The van der Waals surface area contributed by atoms with Crippen molar-refractivity contribution in [2.75, 3.05) is 0 Å².